The number of ether oxygens (including phenoxy) is 2. The summed E-state index contributed by atoms with van der Waals surface area (Å²) in [6.07, 6.45) is 0. The Balaban J connectivity index is 0.000000193. The van der Waals surface area contributed by atoms with Crippen molar-refractivity contribution in [1.29, 1.82) is 0 Å². The molecule has 0 fully saturated rings. The van der Waals surface area contributed by atoms with E-state index in [0.717, 1.165) is 23.0 Å². The molecule has 0 aliphatic carbocycles. The van der Waals surface area contributed by atoms with Gasteiger partial charge < -0.3 is 9.47 Å². The van der Waals surface area contributed by atoms with Crippen LogP contribution in [0.25, 0.3) is 22.3 Å². The first-order valence-corrected chi connectivity index (χ1v) is 17.6. The van der Waals surface area contributed by atoms with Crippen LogP contribution >= 0.6 is 0 Å². The van der Waals surface area contributed by atoms with E-state index < -0.39 is 0 Å². The summed E-state index contributed by atoms with van der Waals surface area (Å²) in [6, 6.07) is 58.9. The van der Waals surface area contributed by atoms with Gasteiger partial charge in [0.05, 0.1) is 0 Å². The second-order valence-electron chi connectivity index (χ2n) is 13.8. The van der Waals surface area contributed by atoms with Crippen LogP contribution in [0.1, 0.15) is 47.2 Å². The highest BCUT2D eigenvalue weighted by atomic mass is 16.5. The Kier molecular flexibility index (Phi) is 10.8. The molecule has 0 bridgehead atoms. The third-order valence-electron chi connectivity index (χ3n) is 9.28. The van der Waals surface area contributed by atoms with Crippen LogP contribution in [0.15, 0.2) is 170 Å². The quantitative estimate of drug-likeness (QED) is 0.161. The zero-order valence-electron chi connectivity index (χ0n) is 30.5. The number of benzene rings is 7. The van der Waals surface area contributed by atoms with Crippen LogP contribution in [-0.2, 0) is 5.41 Å². The fourth-order valence-corrected chi connectivity index (χ4v) is 6.06. The molecule has 2 nitrogen and oxygen atoms in total. The monoisotopic (exact) mass is 666 g/mol. The fraction of sp³-hybridized carbons (Fsp3) is 0.143. The van der Waals surface area contributed by atoms with Crippen LogP contribution in [0, 0.1) is 27.7 Å². The van der Waals surface area contributed by atoms with E-state index in [-0.39, 0.29) is 5.41 Å². The Hall–Kier alpha value is -5.86. The second-order valence-corrected chi connectivity index (χ2v) is 13.8. The van der Waals surface area contributed by atoms with Crippen LogP contribution in [0.4, 0.5) is 0 Å². The van der Waals surface area contributed by atoms with Crippen molar-refractivity contribution in [3.63, 3.8) is 0 Å². The molecule has 51 heavy (non-hydrogen) atoms. The van der Waals surface area contributed by atoms with Crippen molar-refractivity contribution < 1.29 is 9.47 Å². The van der Waals surface area contributed by atoms with E-state index in [1.54, 1.807) is 0 Å². The minimum atomic E-state index is -0.134. The van der Waals surface area contributed by atoms with Crippen LogP contribution in [0.5, 0.6) is 23.0 Å². The molecule has 0 amide bonds. The predicted octanol–water partition coefficient (Wildman–Crippen LogP) is 13.9. The molecule has 0 aromatic heterocycles. The van der Waals surface area contributed by atoms with Crippen molar-refractivity contribution in [2.24, 2.45) is 0 Å². The number of hydrogen-bond acceptors (Lipinski definition) is 2. The Morgan fingerprint density at radius 1 is 0.333 bits per heavy atom. The highest BCUT2D eigenvalue weighted by Crippen LogP contribution is 2.35. The molecule has 0 aliphatic rings. The minimum Gasteiger partial charge on any atom is -0.457 e. The molecular weight excluding hydrogens is 621 g/mol. The molecule has 7 aromatic carbocycles. The van der Waals surface area contributed by atoms with Crippen molar-refractivity contribution in [3.8, 4) is 45.3 Å². The summed E-state index contributed by atoms with van der Waals surface area (Å²) >= 11 is 0. The molecule has 0 radical (unpaired) electrons. The van der Waals surface area contributed by atoms with E-state index in [1.165, 1.54) is 55.6 Å². The first-order valence-electron chi connectivity index (χ1n) is 17.6. The maximum atomic E-state index is 5.97. The summed E-state index contributed by atoms with van der Waals surface area (Å²) in [5.74, 6) is 3.37. The molecule has 7 rings (SSSR count). The van der Waals surface area contributed by atoms with Gasteiger partial charge in [-0.2, -0.15) is 0 Å². The van der Waals surface area contributed by atoms with Gasteiger partial charge in [0.15, 0.2) is 0 Å². The summed E-state index contributed by atoms with van der Waals surface area (Å²) < 4.78 is 11.9. The molecule has 0 spiro atoms. The van der Waals surface area contributed by atoms with Gasteiger partial charge in [0, 0.05) is 5.41 Å². The minimum absolute atomic E-state index is 0.134. The van der Waals surface area contributed by atoms with Gasteiger partial charge in [0.2, 0.25) is 0 Å². The molecule has 0 saturated carbocycles. The Bertz CT molecular complexity index is 2060. The molecule has 0 saturated heterocycles. The summed E-state index contributed by atoms with van der Waals surface area (Å²) in [5, 5.41) is 0. The third kappa shape index (κ3) is 9.04. The average molecular weight is 667 g/mol. The summed E-state index contributed by atoms with van der Waals surface area (Å²) in [6.45, 7) is 12.9. The largest absolute Gasteiger partial charge is 0.457 e. The SMILES string of the molecule is Cc1ccc(-c2ccccc2-c2cccc(C)c2)cc1.Cc1ccc(Oc2ccc(C(C)(C)c3ccc(Oc4ccc(C)cc4)cc3)cc2)cc1. The lowest BCUT2D eigenvalue weighted by Gasteiger charge is -2.26. The lowest BCUT2D eigenvalue weighted by Crippen LogP contribution is -2.18. The molecular formula is C49H46O2. The van der Waals surface area contributed by atoms with Crippen molar-refractivity contribution in [3.05, 3.63) is 203 Å². The lowest BCUT2D eigenvalue weighted by atomic mass is 9.78. The van der Waals surface area contributed by atoms with Gasteiger partial charge in [-0.15, -0.1) is 0 Å². The normalized spacial score (nSPS) is 10.9. The first kappa shape index (κ1) is 35.0. The Morgan fingerprint density at radius 2 is 0.706 bits per heavy atom. The van der Waals surface area contributed by atoms with E-state index >= 15 is 0 Å². The first-order chi connectivity index (χ1) is 24.6. The van der Waals surface area contributed by atoms with Crippen molar-refractivity contribution in [2.45, 2.75) is 47.0 Å². The van der Waals surface area contributed by atoms with Gasteiger partial charge in [-0.1, -0.05) is 157 Å². The van der Waals surface area contributed by atoms with Gasteiger partial charge in [-0.3, -0.25) is 0 Å². The summed E-state index contributed by atoms with van der Waals surface area (Å²) in [5.41, 5.74) is 12.5. The predicted molar refractivity (Wildman–Crippen MR) is 214 cm³/mol. The summed E-state index contributed by atoms with van der Waals surface area (Å²) in [7, 11) is 0. The summed E-state index contributed by atoms with van der Waals surface area (Å²) in [4.78, 5) is 0. The van der Waals surface area contributed by atoms with Crippen molar-refractivity contribution >= 4 is 0 Å². The van der Waals surface area contributed by atoms with Gasteiger partial charge >= 0.3 is 0 Å². The van der Waals surface area contributed by atoms with E-state index in [0.29, 0.717) is 0 Å². The van der Waals surface area contributed by atoms with E-state index in [2.05, 4.69) is 163 Å². The van der Waals surface area contributed by atoms with Crippen molar-refractivity contribution in [1.82, 2.24) is 0 Å². The van der Waals surface area contributed by atoms with Crippen molar-refractivity contribution in [2.75, 3.05) is 0 Å². The molecule has 2 heteroatoms. The van der Waals surface area contributed by atoms with E-state index in [9.17, 15) is 0 Å². The molecule has 0 N–H and O–H groups in total. The number of rotatable bonds is 8. The molecule has 7 aromatic rings. The third-order valence-corrected chi connectivity index (χ3v) is 9.28. The van der Waals surface area contributed by atoms with E-state index in [1.807, 2.05) is 48.5 Å². The van der Waals surface area contributed by atoms with Gasteiger partial charge in [-0.25, -0.2) is 0 Å². The highest BCUT2D eigenvalue weighted by Gasteiger charge is 2.23. The Labute approximate surface area is 304 Å². The Morgan fingerprint density at radius 3 is 1.12 bits per heavy atom. The maximum absolute atomic E-state index is 5.97. The van der Waals surface area contributed by atoms with Crippen LogP contribution in [0.2, 0.25) is 0 Å². The molecule has 0 atom stereocenters. The van der Waals surface area contributed by atoms with Gasteiger partial charge in [-0.05, 0) is 110 Å². The van der Waals surface area contributed by atoms with E-state index in [4.69, 9.17) is 9.47 Å². The lowest BCUT2D eigenvalue weighted by molar-refractivity contribution is 0.481. The van der Waals surface area contributed by atoms with Gasteiger partial charge in [0.1, 0.15) is 23.0 Å². The second kappa shape index (κ2) is 15.8. The fourth-order valence-electron chi connectivity index (χ4n) is 6.06. The zero-order chi connectivity index (χ0) is 35.8. The van der Waals surface area contributed by atoms with Crippen LogP contribution < -0.4 is 9.47 Å². The smallest absolute Gasteiger partial charge is 0.127 e. The topological polar surface area (TPSA) is 18.5 Å². The molecule has 0 aliphatic heterocycles. The van der Waals surface area contributed by atoms with Crippen LogP contribution in [-0.4, -0.2) is 0 Å². The van der Waals surface area contributed by atoms with Gasteiger partial charge in [0.25, 0.3) is 0 Å². The standard InChI is InChI=1S/C29H28O2.C20H18/c1-21-5-13-25(14-6-21)30-27-17-9-23(10-18-27)29(3,4)24-11-19-28(20-12-24)31-26-15-7-22(2)8-16-26;1-15-10-12-17(13-11-15)19-8-3-4-9-20(19)18-7-5-6-16(2)14-18/h5-20H,1-4H3;3-14H,1-2H3. The molecule has 254 valence electrons. The molecule has 0 heterocycles. The van der Waals surface area contributed by atoms with Crippen LogP contribution in [0.3, 0.4) is 0 Å². The molecule has 0 unspecified atom stereocenters. The number of hydrogen-bond donors (Lipinski definition) is 0. The highest BCUT2D eigenvalue weighted by molar-refractivity contribution is 5.83. The average Bonchev–Trinajstić information content (AvgIpc) is 3.15. The number of aryl methyl sites for hydroxylation is 4. The zero-order valence-corrected chi connectivity index (χ0v) is 30.5. The maximum Gasteiger partial charge on any atom is 0.127 e.